The van der Waals surface area contributed by atoms with Crippen LogP contribution in [0.2, 0.25) is 0 Å². The maximum Gasteiger partial charge on any atom is 0.417 e. The molecule has 1 aromatic carbocycles. The molecule has 1 N–H and O–H groups in total. The first kappa shape index (κ1) is 25.7. The van der Waals surface area contributed by atoms with Gasteiger partial charge in [0.25, 0.3) is 0 Å². The average molecular weight is 515 g/mol. The number of hydrogen-bond acceptors (Lipinski definition) is 4. The molecule has 9 heteroatoms. The van der Waals surface area contributed by atoms with Gasteiger partial charge in [0.2, 0.25) is 11.8 Å². The van der Waals surface area contributed by atoms with E-state index in [1.54, 1.807) is 4.90 Å². The number of likely N-dealkylation sites (tertiary alicyclic amines) is 1. The molecular weight excluding hydrogens is 481 g/mol. The quantitative estimate of drug-likeness (QED) is 0.611. The first-order valence-electron chi connectivity index (χ1n) is 13.0. The van der Waals surface area contributed by atoms with Crippen molar-refractivity contribution in [3.63, 3.8) is 0 Å². The van der Waals surface area contributed by atoms with Crippen LogP contribution in [0.5, 0.6) is 0 Å². The van der Waals surface area contributed by atoms with E-state index in [1.807, 2.05) is 19.1 Å². The number of amides is 2. The SMILES string of the molecule is CC(C)CC1(C(=O)N2CCc3ncc(C(F)(F)F)cc3C2)CCN(Cc2ccc3c(c2)C(C)C(=O)N3)C1. The first-order chi connectivity index (χ1) is 17.4. The third-order valence-electron chi connectivity index (χ3n) is 7.98. The smallest absolute Gasteiger partial charge is 0.337 e. The Morgan fingerprint density at radius 1 is 1.24 bits per heavy atom. The van der Waals surface area contributed by atoms with Crippen LogP contribution in [0, 0.1) is 11.3 Å². The molecule has 0 bridgehead atoms. The number of halogens is 3. The predicted octanol–water partition coefficient (Wildman–Crippen LogP) is 4.98. The van der Waals surface area contributed by atoms with Gasteiger partial charge in [-0.05, 0) is 61.1 Å². The summed E-state index contributed by atoms with van der Waals surface area (Å²) in [5.74, 6) is 0.168. The molecule has 3 aliphatic heterocycles. The van der Waals surface area contributed by atoms with Crippen molar-refractivity contribution >= 4 is 17.5 Å². The van der Waals surface area contributed by atoms with Crippen LogP contribution in [-0.4, -0.2) is 46.2 Å². The van der Waals surface area contributed by atoms with Gasteiger partial charge in [0, 0.05) is 50.2 Å². The van der Waals surface area contributed by atoms with E-state index in [1.165, 1.54) is 0 Å². The molecule has 2 unspecified atom stereocenters. The van der Waals surface area contributed by atoms with Crippen molar-refractivity contribution in [3.05, 3.63) is 58.4 Å². The van der Waals surface area contributed by atoms with E-state index in [0.29, 0.717) is 43.2 Å². The number of anilines is 1. The fourth-order valence-corrected chi connectivity index (χ4v) is 6.22. The minimum atomic E-state index is -4.46. The number of pyridine rings is 1. The van der Waals surface area contributed by atoms with Crippen LogP contribution in [0.3, 0.4) is 0 Å². The highest BCUT2D eigenvalue weighted by Gasteiger charge is 2.47. The number of nitrogens with one attached hydrogen (secondary N) is 1. The van der Waals surface area contributed by atoms with Crippen molar-refractivity contribution < 1.29 is 22.8 Å². The number of carbonyl (C=O) groups is 2. The Hall–Kier alpha value is -2.94. The van der Waals surface area contributed by atoms with Gasteiger partial charge < -0.3 is 10.2 Å². The molecule has 0 radical (unpaired) electrons. The third kappa shape index (κ3) is 4.98. The molecule has 1 saturated heterocycles. The summed E-state index contributed by atoms with van der Waals surface area (Å²) in [4.78, 5) is 34.1. The van der Waals surface area contributed by atoms with E-state index >= 15 is 0 Å². The highest BCUT2D eigenvalue weighted by molar-refractivity contribution is 6.02. The number of carbonyl (C=O) groups excluding carboxylic acids is 2. The van der Waals surface area contributed by atoms with Gasteiger partial charge in [-0.1, -0.05) is 26.0 Å². The zero-order valence-corrected chi connectivity index (χ0v) is 21.5. The zero-order valence-electron chi connectivity index (χ0n) is 21.5. The van der Waals surface area contributed by atoms with Crippen LogP contribution in [0.1, 0.15) is 67.5 Å². The van der Waals surface area contributed by atoms with Crippen molar-refractivity contribution in [3.8, 4) is 0 Å². The lowest BCUT2D eigenvalue weighted by Crippen LogP contribution is -2.48. The van der Waals surface area contributed by atoms with Gasteiger partial charge in [0.05, 0.1) is 16.9 Å². The number of rotatable bonds is 5. The Morgan fingerprint density at radius 2 is 2.03 bits per heavy atom. The lowest BCUT2D eigenvalue weighted by molar-refractivity contribution is -0.143. The molecular formula is C28H33F3N4O2. The molecule has 198 valence electrons. The molecule has 5 rings (SSSR count). The lowest BCUT2D eigenvalue weighted by atomic mass is 9.77. The monoisotopic (exact) mass is 514 g/mol. The van der Waals surface area contributed by atoms with Gasteiger partial charge in [0.1, 0.15) is 0 Å². The van der Waals surface area contributed by atoms with Crippen LogP contribution in [0.15, 0.2) is 30.5 Å². The van der Waals surface area contributed by atoms with Gasteiger partial charge in [-0.15, -0.1) is 0 Å². The first-order valence-corrected chi connectivity index (χ1v) is 13.0. The van der Waals surface area contributed by atoms with Crippen molar-refractivity contribution in [2.45, 2.75) is 65.2 Å². The molecule has 2 atom stereocenters. The van der Waals surface area contributed by atoms with Crippen LogP contribution in [-0.2, 0) is 35.3 Å². The van der Waals surface area contributed by atoms with Crippen molar-refractivity contribution in [1.29, 1.82) is 0 Å². The van der Waals surface area contributed by atoms with E-state index in [4.69, 9.17) is 0 Å². The number of aromatic nitrogens is 1. The van der Waals surface area contributed by atoms with Gasteiger partial charge in [-0.2, -0.15) is 13.2 Å². The normalized spacial score (nSPS) is 23.8. The summed E-state index contributed by atoms with van der Waals surface area (Å²) in [5, 5.41) is 2.90. The van der Waals surface area contributed by atoms with E-state index in [-0.39, 0.29) is 24.3 Å². The molecule has 1 aromatic heterocycles. The van der Waals surface area contributed by atoms with Crippen molar-refractivity contribution in [2.24, 2.45) is 11.3 Å². The van der Waals surface area contributed by atoms with E-state index in [2.05, 4.69) is 35.1 Å². The average Bonchev–Trinajstić information content (AvgIpc) is 3.37. The fourth-order valence-electron chi connectivity index (χ4n) is 6.22. The predicted molar refractivity (Wildman–Crippen MR) is 134 cm³/mol. The molecule has 3 aliphatic rings. The molecule has 0 saturated carbocycles. The summed E-state index contributed by atoms with van der Waals surface area (Å²) in [6.45, 7) is 8.80. The lowest BCUT2D eigenvalue weighted by Gasteiger charge is -2.38. The van der Waals surface area contributed by atoms with Gasteiger partial charge in [-0.25, -0.2) is 0 Å². The Morgan fingerprint density at radius 3 is 2.76 bits per heavy atom. The second-order valence-corrected chi connectivity index (χ2v) is 11.3. The summed E-state index contributed by atoms with van der Waals surface area (Å²) in [6.07, 6.45) is -1.67. The molecule has 2 aromatic rings. The number of fused-ring (bicyclic) bond motifs is 2. The maximum atomic E-state index is 14.0. The minimum absolute atomic E-state index is 0.00975. The van der Waals surface area contributed by atoms with Crippen molar-refractivity contribution in [2.75, 3.05) is 25.0 Å². The summed E-state index contributed by atoms with van der Waals surface area (Å²) in [6, 6.07) is 7.19. The number of alkyl halides is 3. The van der Waals surface area contributed by atoms with E-state index < -0.39 is 17.2 Å². The highest BCUT2D eigenvalue weighted by atomic mass is 19.4. The highest BCUT2D eigenvalue weighted by Crippen LogP contribution is 2.41. The Kier molecular flexibility index (Phi) is 6.54. The molecule has 4 heterocycles. The molecule has 0 spiro atoms. The van der Waals surface area contributed by atoms with Gasteiger partial charge in [-0.3, -0.25) is 19.5 Å². The molecule has 1 fully saturated rings. The van der Waals surface area contributed by atoms with Crippen molar-refractivity contribution in [1.82, 2.24) is 14.8 Å². The molecule has 0 aliphatic carbocycles. The molecule has 6 nitrogen and oxygen atoms in total. The Balaban J connectivity index is 1.33. The Bertz CT molecular complexity index is 1230. The standard InChI is InChI=1S/C28H33F3N4O2/c1-17(2)12-27(26(37)35-8-6-23-20(15-35)11-21(13-32-23)28(29,30)31)7-9-34(16-27)14-19-4-5-24-22(10-19)18(3)25(36)33-24/h4-5,10-11,13,17-18H,6-9,12,14-16H2,1-3H3,(H,33,36). The molecule has 2 amide bonds. The van der Waals surface area contributed by atoms with Crippen LogP contribution < -0.4 is 5.32 Å². The maximum absolute atomic E-state index is 14.0. The zero-order chi connectivity index (χ0) is 26.5. The minimum Gasteiger partial charge on any atom is -0.337 e. The summed E-state index contributed by atoms with van der Waals surface area (Å²) >= 11 is 0. The van der Waals surface area contributed by atoms with Gasteiger partial charge in [0.15, 0.2) is 0 Å². The largest absolute Gasteiger partial charge is 0.417 e. The van der Waals surface area contributed by atoms with Gasteiger partial charge >= 0.3 is 6.18 Å². The van der Waals surface area contributed by atoms with E-state index in [0.717, 1.165) is 48.5 Å². The topological polar surface area (TPSA) is 65.5 Å². The second-order valence-electron chi connectivity index (χ2n) is 11.3. The summed E-state index contributed by atoms with van der Waals surface area (Å²) < 4.78 is 39.8. The summed E-state index contributed by atoms with van der Waals surface area (Å²) in [5.41, 5.74) is 2.76. The molecule has 37 heavy (non-hydrogen) atoms. The number of benzene rings is 1. The van der Waals surface area contributed by atoms with Crippen LogP contribution in [0.4, 0.5) is 18.9 Å². The summed E-state index contributed by atoms with van der Waals surface area (Å²) in [7, 11) is 0. The van der Waals surface area contributed by atoms with Crippen LogP contribution in [0.25, 0.3) is 0 Å². The Labute approximate surface area is 215 Å². The number of nitrogens with zero attached hydrogens (tertiary/aromatic N) is 3. The van der Waals surface area contributed by atoms with Crippen LogP contribution >= 0.6 is 0 Å². The second kappa shape index (κ2) is 9.42. The number of hydrogen-bond donors (Lipinski definition) is 1. The van der Waals surface area contributed by atoms with E-state index in [9.17, 15) is 22.8 Å². The third-order valence-corrected chi connectivity index (χ3v) is 7.98. The fraction of sp³-hybridized carbons (Fsp3) is 0.536.